The fraction of sp³-hybridized carbons (Fsp3) is 0. The quantitative estimate of drug-likeness (QED) is 0.583. The third kappa shape index (κ3) is 2.19. The second-order valence-electron chi connectivity index (χ2n) is 5.36. The van der Waals surface area contributed by atoms with E-state index in [9.17, 15) is 9.59 Å². The molecule has 3 aromatic rings. The average molecular weight is 320 g/mol. The molecule has 0 saturated carbocycles. The summed E-state index contributed by atoms with van der Waals surface area (Å²) in [6.07, 6.45) is 0.404. The van der Waals surface area contributed by atoms with E-state index < -0.39 is 6.09 Å². The van der Waals surface area contributed by atoms with E-state index in [0.29, 0.717) is 22.2 Å². The Balaban J connectivity index is 2.03. The minimum Gasteiger partial charge on any atom is -0.465 e. The summed E-state index contributed by atoms with van der Waals surface area (Å²) in [4.78, 5) is 26.4. The number of H-pyrrole nitrogens is 1. The van der Waals surface area contributed by atoms with E-state index >= 15 is 0 Å². The van der Waals surface area contributed by atoms with Gasteiger partial charge in [0.25, 0.3) is 5.91 Å². The van der Waals surface area contributed by atoms with E-state index in [1.807, 2.05) is 30.3 Å². The largest absolute Gasteiger partial charge is 0.465 e. The first-order chi connectivity index (χ1) is 11.6. The van der Waals surface area contributed by atoms with Crippen molar-refractivity contribution in [1.82, 2.24) is 10.4 Å². The van der Waals surface area contributed by atoms with Gasteiger partial charge in [-0.2, -0.15) is 5.10 Å². The summed E-state index contributed by atoms with van der Waals surface area (Å²) in [5.74, 6) is -0.386. The third-order valence-electron chi connectivity index (χ3n) is 3.85. The van der Waals surface area contributed by atoms with Gasteiger partial charge in [-0.25, -0.2) is 10.2 Å². The Kier molecular flexibility index (Phi) is 3.06. The van der Waals surface area contributed by atoms with Crippen LogP contribution in [0.15, 0.2) is 47.6 Å². The first kappa shape index (κ1) is 14.0. The SMILES string of the molecule is O=C(O)Nc1cc2c3c(c(-c4ccccc4)[nH]c3c1)C=NNC2=O. The molecule has 4 rings (SSSR count). The Morgan fingerprint density at radius 2 is 1.96 bits per heavy atom. The number of nitrogens with zero attached hydrogens (tertiary/aromatic N) is 1. The molecule has 24 heavy (non-hydrogen) atoms. The highest BCUT2D eigenvalue weighted by atomic mass is 16.4. The van der Waals surface area contributed by atoms with Crippen molar-refractivity contribution in [2.75, 3.05) is 5.32 Å². The van der Waals surface area contributed by atoms with E-state index in [4.69, 9.17) is 5.11 Å². The van der Waals surface area contributed by atoms with Gasteiger partial charge in [-0.3, -0.25) is 10.1 Å². The van der Waals surface area contributed by atoms with Crippen LogP contribution in [0.25, 0.3) is 22.2 Å². The minimum atomic E-state index is -1.19. The van der Waals surface area contributed by atoms with E-state index in [1.54, 1.807) is 12.3 Å². The van der Waals surface area contributed by atoms with Gasteiger partial charge >= 0.3 is 6.09 Å². The number of carboxylic acid groups (broad SMARTS) is 1. The Hall–Kier alpha value is -3.61. The van der Waals surface area contributed by atoms with Gasteiger partial charge < -0.3 is 10.1 Å². The van der Waals surface area contributed by atoms with E-state index in [2.05, 4.69) is 20.8 Å². The molecule has 0 aliphatic carbocycles. The fourth-order valence-corrected chi connectivity index (χ4v) is 2.91. The van der Waals surface area contributed by atoms with E-state index in [-0.39, 0.29) is 5.91 Å². The van der Waals surface area contributed by atoms with Gasteiger partial charge in [0.1, 0.15) is 0 Å². The topological polar surface area (TPSA) is 107 Å². The van der Waals surface area contributed by atoms with E-state index in [0.717, 1.165) is 16.8 Å². The van der Waals surface area contributed by atoms with Crippen LogP contribution >= 0.6 is 0 Å². The predicted octanol–water partition coefficient (Wildman–Crippen LogP) is 3.00. The van der Waals surface area contributed by atoms with Crippen molar-refractivity contribution in [3.05, 3.63) is 53.6 Å². The zero-order valence-corrected chi connectivity index (χ0v) is 12.3. The summed E-state index contributed by atoms with van der Waals surface area (Å²) in [5, 5.41) is 15.9. The van der Waals surface area contributed by atoms with Crippen molar-refractivity contribution in [1.29, 1.82) is 0 Å². The van der Waals surface area contributed by atoms with Crippen LogP contribution in [0.1, 0.15) is 15.9 Å². The Morgan fingerprint density at radius 1 is 1.17 bits per heavy atom. The smallest absolute Gasteiger partial charge is 0.409 e. The average Bonchev–Trinajstić information content (AvgIpc) is 2.84. The summed E-state index contributed by atoms with van der Waals surface area (Å²) in [6, 6.07) is 12.8. The molecule has 0 bridgehead atoms. The van der Waals surface area contributed by atoms with Crippen LogP contribution in [0.3, 0.4) is 0 Å². The van der Waals surface area contributed by atoms with Crippen LogP contribution in [0, 0.1) is 0 Å². The molecule has 1 aliphatic heterocycles. The summed E-state index contributed by atoms with van der Waals surface area (Å²) in [7, 11) is 0. The van der Waals surface area contributed by atoms with Gasteiger partial charge in [0, 0.05) is 22.2 Å². The molecular weight excluding hydrogens is 308 g/mol. The van der Waals surface area contributed by atoms with Crippen molar-refractivity contribution in [2.45, 2.75) is 0 Å². The van der Waals surface area contributed by atoms with Crippen LogP contribution in [-0.2, 0) is 0 Å². The summed E-state index contributed by atoms with van der Waals surface area (Å²) >= 11 is 0. The molecule has 2 amide bonds. The molecule has 118 valence electrons. The molecule has 1 aromatic heterocycles. The highest BCUT2D eigenvalue weighted by molar-refractivity contribution is 6.18. The monoisotopic (exact) mass is 320 g/mol. The Labute approximate surface area is 136 Å². The van der Waals surface area contributed by atoms with Crippen molar-refractivity contribution in [3.63, 3.8) is 0 Å². The number of carbonyl (C=O) groups excluding carboxylic acids is 1. The number of aromatic nitrogens is 1. The number of hydrogen-bond donors (Lipinski definition) is 4. The summed E-state index contributed by atoms with van der Waals surface area (Å²) in [6.45, 7) is 0. The number of nitrogens with one attached hydrogen (secondary N) is 3. The molecule has 0 atom stereocenters. The van der Waals surface area contributed by atoms with Crippen LogP contribution in [0.4, 0.5) is 10.5 Å². The number of amides is 2. The lowest BCUT2D eigenvalue weighted by molar-refractivity contribution is 0.0957. The van der Waals surface area contributed by atoms with Crippen molar-refractivity contribution >= 4 is 34.8 Å². The van der Waals surface area contributed by atoms with Crippen molar-refractivity contribution in [3.8, 4) is 11.3 Å². The number of rotatable bonds is 2. The number of carbonyl (C=O) groups is 2. The number of aromatic amines is 1. The second kappa shape index (κ2) is 5.24. The molecule has 0 unspecified atom stereocenters. The number of hydrazone groups is 1. The first-order valence-electron chi connectivity index (χ1n) is 7.22. The highest BCUT2D eigenvalue weighted by Crippen LogP contribution is 2.34. The molecule has 0 saturated heterocycles. The number of hydrogen-bond acceptors (Lipinski definition) is 3. The van der Waals surface area contributed by atoms with Crippen molar-refractivity contribution < 1.29 is 14.7 Å². The summed E-state index contributed by atoms with van der Waals surface area (Å²) in [5.41, 5.74) is 6.33. The fourth-order valence-electron chi connectivity index (χ4n) is 2.91. The molecule has 7 nitrogen and oxygen atoms in total. The Bertz CT molecular complexity index is 1010. The number of benzene rings is 2. The molecule has 2 aromatic carbocycles. The summed E-state index contributed by atoms with van der Waals surface area (Å²) < 4.78 is 0. The van der Waals surface area contributed by atoms with Gasteiger partial charge in [-0.15, -0.1) is 0 Å². The minimum absolute atomic E-state index is 0.314. The van der Waals surface area contributed by atoms with E-state index in [1.165, 1.54) is 6.07 Å². The lowest BCUT2D eigenvalue weighted by Gasteiger charge is -2.05. The molecular formula is C17H12N4O3. The van der Waals surface area contributed by atoms with Crippen LogP contribution in [0.2, 0.25) is 0 Å². The maximum absolute atomic E-state index is 12.3. The molecule has 0 spiro atoms. The first-order valence-corrected chi connectivity index (χ1v) is 7.22. The predicted molar refractivity (Wildman–Crippen MR) is 90.4 cm³/mol. The van der Waals surface area contributed by atoms with Crippen molar-refractivity contribution in [2.24, 2.45) is 5.10 Å². The zero-order chi connectivity index (χ0) is 16.7. The standard InChI is InChI=1S/C17H12N4O3/c22-16-11-6-10(19-17(23)24)7-13-14(11)12(8-18-21-16)15(20-13)9-4-2-1-3-5-9/h1-8,19-20H,(H,21,22)(H,23,24). The zero-order valence-electron chi connectivity index (χ0n) is 12.3. The molecule has 1 aliphatic rings. The number of anilines is 1. The van der Waals surface area contributed by atoms with Gasteiger partial charge in [0.15, 0.2) is 0 Å². The maximum atomic E-state index is 12.3. The van der Waals surface area contributed by atoms with Gasteiger partial charge in [0.2, 0.25) is 0 Å². The van der Waals surface area contributed by atoms with Crippen LogP contribution in [-0.4, -0.2) is 28.3 Å². The molecule has 0 radical (unpaired) electrons. The molecule has 2 heterocycles. The second-order valence-corrected chi connectivity index (χ2v) is 5.36. The normalized spacial score (nSPS) is 12.8. The maximum Gasteiger partial charge on any atom is 0.409 e. The molecule has 0 fully saturated rings. The van der Waals surface area contributed by atoms with Gasteiger partial charge in [0.05, 0.1) is 17.5 Å². The Morgan fingerprint density at radius 3 is 2.71 bits per heavy atom. The lowest BCUT2D eigenvalue weighted by atomic mass is 10.0. The highest BCUT2D eigenvalue weighted by Gasteiger charge is 2.22. The van der Waals surface area contributed by atoms with Gasteiger partial charge in [-0.1, -0.05) is 30.3 Å². The lowest BCUT2D eigenvalue weighted by Crippen LogP contribution is -2.17. The van der Waals surface area contributed by atoms with Crippen LogP contribution in [0.5, 0.6) is 0 Å². The molecule has 7 heteroatoms. The third-order valence-corrected chi connectivity index (χ3v) is 3.85. The van der Waals surface area contributed by atoms with Gasteiger partial charge in [-0.05, 0) is 17.7 Å². The van der Waals surface area contributed by atoms with Crippen LogP contribution < -0.4 is 10.7 Å². The molecule has 4 N–H and O–H groups in total.